The van der Waals surface area contributed by atoms with Crippen molar-refractivity contribution in [1.82, 2.24) is 4.98 Å². The molecule has 0 atom stereocenters. The Morgan fingerprint density at radius 1 is 1.33 bits per heavy atom. The van der Waals surface area contributed by atoms with Gasteiger partial charge in [-0.3, -0.25) is 4.98 Å². The van der Waals surface area contributed by atoms with Crippen LogP contribution in [0.5, 0.6) is 0 Å². The lowest BCUT2D eigenvalue weighted by molar-refractivity contribution is 0.410. The number of hydrogen-bond donors (Lipinski definition) is 0. The Morgan fingerprint density at radius 3 is 2.50 bits per heavy atom. The van der Waals surface area contributed by atoms with E-state index in [1.165, 1.54) is 5.56 Å². The summed E-state index contributed by atoms with van der Waals surface area (Å²) < 4.78 is 1.06. The summed E-state index contributed by atoms with van der Waals surface area (Å²) in [4.78, 5) is 4.12. The van der Waals surface area contributed by atoms with Crippen LogP contribution >= 0.6 is 15.9 Å². The Kier molecular flexibility index (Phi) is 2.89. The van der Waals surface area contributed by atoms with Crippen molar-refractivity contribution >= 4 is 15.9 Å². The number of aromatic nitrogens is 1. The van der Waals surface area contributed by atoms with Crippen LogP contribution in [0, 0.1) is 5.41 Å². The highest BCUT2D eigenvalue weighted by molar-refractivity contribution is 9.10. The SMILES string of the molecule is CC(C)(C)Cc1cncc(Br)c1. The molecule has 0 spiro atoms. The van der Waals surface area contributed by atoms with Crippen LogP contribution in [0.2, 0.25) is 0 Å². The molecular formula is C10H14BrN. The first-order valence-electron chi connectivity index (χ1n) is 4.07. The second kappa shape index (κ2) is 3.56. The van der Waals surface area contributed by atoms with Gasteiger partial charge in [0.2, 0.25) is 0 Å². The molecule has 1 aromatic rings. The van der Waals surface area contributed by atoms with Gasteiger partial charge in [-0.2, -0.15) is 0 Å². The fourth-order valence-electron chi connectivity index (χ4n) is 1.16. The van der Waals surface area contributed by atoms with Crippen molar-refractivity contribution in [3.8, 4) is 0 Å². The Labute approximate surface area is 82.3 Å². The Bertz CT molecular complexity index is 263. The van der Waals surface area contributed by atoms with Crippen LogP contribution in [0.25, 0.3) is 0 Å². The predicted molar refractivity (Wildman–Crippen MR) is 55.1 cm³/mol. The molecule has 1 nitrogen and oxygen atoms in total. The van der Waals surface area contributed by atoms with Gasteiger partial charge in [0, 0.05) is 16.9 Å². The lowest BCUT2D eigenvalue weighted by atomic mass is 9.89. The summed E-state index contributed by atoms with van der Waals surface area (Å²) in [5.41, 5.74) is 1.62. The molecule has 0 aliphatic rings. The van der Waals surface area contributed by atoms with E-state index in [0.717, 1.165) is 10.9 Å². The van der Waals surface area contributed by atoms with Crippen LogP contribution in [0.1, 0.15) is 26.3 Å². The largest absolute Gasteiger partial charge is 0.263 e. The summed E-state index contributed by atoms with van der Waals surface area (Å²) >= 11 is 3.41. The number of nitrogens with zero attached hydrogens (tertiary/aromatic N) is 1. The molecule has 12 heavy (non-hydrogen) atoms. The highest BCUT2D eigenvalue weighted by Gasteiger charge is 2.11. The molecule has 0 aromatic carbocycles. The molecule has 0 fully saturated rings. The standard InChI is InChI=1S/C10H14BrN/c1-10(2,3)5-8-4-9(11)7-12-6-8/h4,6-7H,5H2,1-3H3. The van der Waals surface area contributed by atoms with Gasteiger partial charge in [0.05, 0.1) is 0 Å². The second-order valence-corrected chi connectivity index (χ2v) is 5.16. The average Bonchev–Trinajstić information content (AvgIpc) is 1.82. The molecular weight excluding hydrogens is 214 g/mol. The first-order chi connectivity index (χ1) is 5.47. The topological polar surface area (TPSA) is 12.9 Å². The average molecular weight is 228 g/mol. The van der Waals surface area contributed by atoms with Crippen molar-refractivity contribution in [2.75, 3.05) is 0 Å². The van der Waals surface area contributed by atoms with Crippen molar-refractivity contribution in [3.05, 3.63) is 28.5 Å². The smallest absolute Gasteiger partial charge is 0.0410 e. The molecule has 0 bridgehead atoms. The van der Waals surface area contributed by atoms with Crippen molar-refractivity contribution in [2.45, 2.75) is 27.2 Å². The van der Waals surface area contributed by atoms with Gasteiger partial charge in [0.25, 0.3) is 0 Å². The maximum absolute atomic E-state index is 4.12. The third kappa shape index (κ3) is 3.35. The molecule has 0 aliphatic carbocycles. The van der Waals surface area contributed by atoms with Crippen molar-refractivity contribution in [3.63, 3.8) is 0 Å². The number of rotatable bonds is 1. The van der Waals surface area contributed by atoms with E-state index in [-0.39, 0.29) is 0 Å². The zero-order valence-electron chi connectivity index (χ0n) is 7.76. The van der Waals surface area contributed by atoms with E-state index in [2.05, 4.69) is 47.8 Å². The molecule has 0 amide bonds. The molecule has 1 heterocycles. The maximum atomic E-state index is 4.12. The van der Waals surface area contributed by atoms with Crippen LogP contribution in [0.3, 0.4) is 0 Å². The number of halogens is 1. The molecule has 0 N–H and O–H groups in total. The molecule has 0 radical (unpaired) electrons. The molecule has 66 valence electrons. The predicted octanol–water partition coefficient (Wildman–Crippen LogP) is 3.43. The first kappa shape index (κ1) is 9.72. The van der Waals surface area contributed by atoms with Gasteiger partial charge in [0.1, 0.15) is 0 Å². The van der Waals surface area contributed by atoms with Crippen molar-refractivity contribution < 1.29 is 0 Å². The van der Waals surface area contributed by atoms with Gasteiger partial charge >= 0.3 is 0 Å². The monoisotopic (exact) mass is 227 g/mol. The zero-order chi connectivity index (χ0) is 9.19. The van der Waals surface area contributed by atoms with Crippen LogP contribution < -0.4 is 0 Å². The number of pyridine rings is 1. The Morgan fingerprint density at radius 2 is 2.00 bits per heavy atom. The van der Waals surface area contributed by atoms with Crippen molar-refractivity contribution in [1.29, 1.82) is 0 Å². The molecule has 2 heteroatoms. The van der Waals surface area contributed by atoms with E-state index in [1.807, 2.05) is 12.4 Å². The van der Waals surface area contributed by atoms with Gasteiger partial charge in [0.15, 0.2) is 0 Å². The molecule has 0 aliphatic heterocycles. The minimum absolute atomic E-state index is 0.336. The van der Waals surface area contributed by atoms with Crippen LogP contribution in [-0.4, -0.2) is 4.98 Å². The summed E-state index contributed by atoms with van der Waals surface area (Å²) in [6.07, 6.45) is 4.81. The fourth-order valence-corrected chi connectivity index (χ4v) is 1.58. The fraction of sp³-hybridized carbons (Fsp3) is 0.500. The summed E-state index contributed by atoms with van der Waals surface area (Å²) in [6.45, 7) is 6.69. The second-order valence-electron chi connectivity index (χ2n) is 4.25. The Balaban J connectivity index is 2.77. The third-order valence-corrected chi connectivity index (χ3v) is 1.93. The van der Waals surface area contributed by atoms with E-state index in [9.17, 15) is 0 Å². The van der Waals surface area contributed by atoms with Gasteiger partial charge < -0.3 is 0 Å². The highest BCUT2D eigenvalue weighted by Crippen LogP contribution is 2.21. The summed E-state index contributed by atoms with van der Waals surface area (Å²) in [7, 11) is 0. The van der Waals surface area contributed by atoms with Gasteiger partial charge in [-0.05, 0) is 39.4 Å². The molecule has 0 saturated carbocycles. The quantitative estimate of drug-likeness (QED) is 0.717. The molecule has 0 saturated heterocycles. The molecule has 1 rings (SSSR count). The summed E-state index contributed by atoms with van der Waals surface area (Å²) in [6, 6.07) is 2.12. The van der Waals surface area contributed by atoms with Crippen LogP contribution in [0.15, 0.2) is 22.9 Å². The minimum atomic E-state index is 0.336. The molecule has 1 aromatic heterocycles. The van der Waals surface area contributed by atoms with E-state index < -0.39 is 0 Å². The third-order valence-electron chi connectivity index (χ3n) is 1.50. The van der Waals surface area contributed by atoms with E-state index in [1.54, 1.807) is 0 Å². The van der Waals surface area contributed by atoms with Crippen LogP contribution in [-0.2, 0) is 6.42 Å². The van der Waals surface area contributed by atoms with Gasteiger partial charge in [-0.25, -0.2) is 0 Å². The van der Waals surface area contributed by atoms with Gasteiger partial charge in [-0.15, -0.1) is 0 Å². The Hall–Kier alpha value is -0.370. The first-order valence-corrected chi connectivity index (χ1v) is 4.86. The van der Waals surface area contributed by atoms with Crippen molar-refractivity contribution in [2.24, 2.45) is 5.41 Å². The lowest BCUT2D eigenvalue weighted by Crippen LogP contribution is -2.09. The highest BCUT2D eigenvalue weighted by atomic mass is 79.9. The van der Waals surface area contributed by atoms with Crippen LogP contribution in [0.4, 0.5) is 0 Å². The number of hydrogen-bond acceptors (Lipinski definition) is 1. The van der Waals surface area contributed by atoms with E-state index in [4.69, 9.17) is 0 Å². The summed E-state index contributed by atoms with van der Waals surface area (Å²) in [5.74, 6) is 0. The van der Waals surface area contributed by atoms with E-state index in [0.29, 0.717) is 5.41 Å². The normalized spacial score (nSPS) is 11.7. The maximum Gasteiger partial charge on any atom is 0.0410 e. The van der Waals surface area contributed by atoms with E-state index >= 15 is 0 Å². The summed E-state index contributed by atoms with van der Waals surface area (Å²) in [5, 5.41) is 0. The van der Waals surface area contributed by atoms with Gasteiger partial charge in [-0.1, -0.05) is 20.8 Å². The molecule has 0 unspecified atom stereocenters. The lowest BCUT2D eigenvalue weighted by Gasteiger charge is -2.17. The zero-order valence-corrected chi connectivity index (χ0v) is 9.35. The minimum Gasteiger partial charge on any atom is -0.263 e.